The molecule has 1 fully saturated rings. The highest BCUT2D eigenvalue weighted by Crippen LogP contribution is 2.26. The Bertz CT molecular complexity index is 289. The van der Waals surface area contributed by atoms with E-state index < -0.39 is 0 Å². The summed E-state index contributed by atoms with van der Waals surface area (Å²) in [7, 11) is 0. The summed E-state index contributed by atoms with van der Waals surface area (Å²) in [5, 5.41) is 3.83. The van der Waals surface area contributed by atoms with Crippen LogP contribution in [0.3, 0.4) is 0 Å². The summed E-state index contributed by atoms with van der Waals surface area (Å²) < 4.78 is 5.19. The summed E-state index contributed by atoms with van der Waals surface area (Å²) >= 11 is 0. The highest BCUT2D eigenvalue weighted by atomic mass is 16.5. The van der Waals surface area contributed by atoms with E-state index in [2.05, 4.69) is 22.0 Å². The molecule has 0 atom stereocenters. The summed E-state index contributed by atoms with van der Waals surface area (Å²) in [6.45, 7) is 7.53. The minimum Gasteiger partial charge on any atom is -0.339 e. The van der Waals surface area contributed by atoms with Gasteiger partial charge in [-0.15, -0.1) is 0 Å². The van der Waals surface area contributed by atoms with Gasteiger partial charge in [0.25, 0.3) is 0 Å². The van der Waals surface area contributed by atoms with Gasteiger partial charge >= 0.3 is 0 Å². The Kier molecular flexibility index (Phi) is 2.82. The quantitative estimate of drug-likeness (QED) is 0.718. The second kappa shape index (κ2) is 4.09. The average molecular weight is 195 g/mol. The standard InChI is InChI=1S/C10H17N3O/c1-3-13-6-4-9(5-7-13)10-11-8(2)12-14-10/h9H,3-7H2,1-2H3. The first kappa shape index (κ1) is 9.65. The van der Waals surface area contributed by atoms with Crippen LogP contribution in [0.1, 0.15) is 37.4 Å². The van der Waals surface area contributed by atoms with E-state index in [1.807, 2.05) is 6.92 Å². The van der Waals surface area contributed by atoms with Crippen LogP contribution < -0.4 is 0 Å². The van der Waals surface area contributed by atoms with Gasteiger partial charge in [-0.3, -0.25) is 0 Å². The monoisotopic (exact) mass is 195 g/mol. The normalized spacial score (nSPS) is 20.1. The Balaban J connectivity index is 1.95. The minimum atomic E-state index is 0.485. The largest absolute Gasteiger partial charge is 0.339 e. The molecular formula is C10H17N3O. The van der Waals surface area contributed by atoms with Crippen molar-refractivity contribution in [3.63, 3.8) is 0 Å². The van der Waals surface area contributed by atoms with Gasteiger partial charge in [-0.1, -0.05) is 12.1 Å². The molecule has 1 aliphatic heterocycles. The van der Waals surface area contributed by atoms with Gasteiger partial charge in [0, 0.05) is 5.92 Å². The number of hydrogen-bond acceptors (Lipinski definition) is 4. The molecule has 1 aromatic rings. The Labute approximate surface area is 84.3 Å². The van der Waals surface area contributed by atoms with Gasteiger partial charge in [0.2, 0.25) is 5.89 Å². The fraction of sp³-hybridized carbons (Fsp3) is 0.800. The summed E-state index contributed by atoms with van der Waals surface area (Å²) in [5.41, 5.74) is 0. The van der Waals surface area contributed by atoms with Crippen molar-refractivity contribution in [2.75, 3.05) is 19.6 Å². The molecule has 0 aromatic carbocycles. The van der Waals surface area contributed by atoms with E-state index in [1.54, 1.807) is 0 Å². The lowest BCUT2D eigenvalue weighted by atomic mass is 9.97. The van der Waals surface area contributed by atoms with Crippen molar-refractivity contribution in [2.45, 2.75) is 32.6 Å². The van der Waals surface area contributed by atoms with Crippen LogP contribution in [0.4, 0.5) is 0 Å². The molecule has 0 saturated carbocycles. The molecule has 4 heteroatoms. The molecule has 1 saturated heterocycles. The maximum atomic E-state index is 5.19. The third kappa shape index (κ3) is 1.95. The summed E-state index contributed by atoms with van der Waals surface area (Å²) in [6.07, 6.45) is 2.30. The summed E-state index contributed by atoms with van der Waals surface area (Å²) in [6, 6.07) is 0. The molecule has 0 amide bonds. The highest BCUT2D eigenvalue weighted by molar-refractivity contribution is 4.95. The van der Waals surface area contributed by atoms with Crippen LogP contribution in [0, 0.1) is 6.92 Å². The van der Waals surface area contributed by atoms with Crippen molar-refractivity contribution >= 4 is 0 Å². The first-order chi connectivity index (χ1) is 6.79. The molecule has 2 heterocycles. The maximum Gasteiger partial charge on any atom is 0.229 e. The Hall–Kier alpha value is -0.900. The number of aryl methyl sites for hydroxylation is 1. The number of hydrogen-bond donors (Lipinski definition) is 0. The third-order valence-corrected chi connectivity index (χ3v) is 2.93. The van der Waals surface area contributed by atoms with Crippen LogP contribution >= 0.6 is 0 Å². The third-order valence-electron chi connectivity index (χ3n) is 2.93. The van der Waals surface area contributed by atoms with Gasteiger partial charge in [-0.2, -0.15) is 4.98 Å². The molecule has 0 spiro atoms. The van der Waals surface area contributed by atoms with E-state index in [9.17, 15) is 0 Å². The zero-order valence-corrected chi connectivity index (χ0v) is 8.86. The van der Waals surface area contributed by atoms with Crippen LogP contribution in [0.25, 0.3) is 0 Å². The van der Waals surface area contributed by atoms with Gasteiger partial charge in [0.15, 0.2) is 5.82 Å². The molecule has 0 radical (unpaired) electrons. The molecule has 14 heavy (non-hydrogen) atoms. The van der Waals surface area contributed by atoms with E-state index in [4.69, 9.17) is 4.52 Å². The Morgan fingerprint density at radius 2 is 2.14 bits per heavy atom. The zero-order valence-electron chi connectivity index (χ0n) is 8.86. The van der Waals surface area contributed by atoms with E-state index in [1.165, 1.54) is 0 Å². The van der Waals surface area contributed by atoms with Crippen LogP contribution in [-0.2, 0) is 0 Å². The molecule has 4 nitrogen and oxygen atoms in total. The first-order valence-corrected chi connectivity index (χ1v) is 5.32. The minimum absolute atomic E-state index is 0.485. The SMILES string of the molecule is CCN1CCC(c2nc(C)no2)CC1. The second-order valence-electron chi connectivity index (χ2n) is 3.89. The van der Waals surface area contributed by atoms with Crippen molar-refractivity contribution in [3.8, 4) is 0 Å². The second-order valence-corrected chi connectivity index (χ2v) is 3.89. The zero-order chi connectivity index (χ0) is 9.97. The smallest absolute Gasteiger partial charge is 0.229 e. The van der Waals surface area contributed by atoms with Crippen molar-refractivity contribution in [2.24, 2.45) is 0 Å². The average Bonchev–Trinajstić information content (AvgIpc) is 2.65. The molecule has 2 rings (SSSR count). The van der Waals surface area contributed by atoms with Crippen molar-refractivity contribution in [1.29, 1.82) is 0 Å². The van der Waals surface area contributed by atoms with Crippen LogP contribution in [0.2, 0.25) is 0 Å². The van der Waals surface area contributed by atoms with Crippen molar-refractivity contribution < 1.29 is 4.52 Å². The summed E-state index contributed by atoms with van der Waals surface area (Å²) in [5.74, 6) is 2.06. The van der Waals surface area contributed by atoms with Gasteiger partial charge in [0.05, 0.1) is 0 Å². The van der Waals surface area contributed by atoms with E-state index >= 15 is 0 Å². The molecular weight excluding hydrogens is 178 g/mol. The van der Waals surface area contributed by atoms with Gasteiger partial charge in [-0.05, 0) is 39.4 Å². The lowest BCUT2D eigenvalue weighted by Crippen LogP contribution is -2.32. The lowest BCUT2D eigenvalue weighted by Gasteiger charge is -2.28. The molecule has 0 N–H and O–H groups in total. The van der Waals surface area contributed by atoms with Crippen molar-refractivity contribution in [3.05, 3.63) is 11.7 Å². The predicted molar refractivity (Wildman–Crippen MR) is 53.1 cm³/mol. The number of rotatable bonds is 2. The number of aromatic nitrogens is 2. The predicted octanol–water partition coefficient (Wildman–Crippen LogP) is 1.58. The Morgan fingerprint density at radius 1 is 1.43 bits per heavy atom. The van der Waals surface area contributed by atoms with E-state index in [-0.39, 0.29) is 0 Å². The fourth-order valence-electron chi connectivity index (χ4n) is 1.98. The Morgan fingerprint density at radius 3 is 2.64 bits per heavy atom. The van der Waals surface area contributed by atoms with Crippen LogP contribution in [0.15, 0.2) is 4.52 Å². The first-order valence-electron chi connectivity index (χ1n) is 5.32. The maximum absolute atomic E-state index is 5.19. The molecule has 0 unspecified atom stereocenters. The highest BCUT2D eigenvalue weighted by Gasteiger charge is 2.23. The molecule has 78 valence electrons. The summed E-state index contributed by atoms with van der Waals surface area (Å²) in [4.78, 5) is 6.75. The lowest BCUT2D eigenvalue weighted by molar-refractivity contribution is 0.202. The number of piperidine rings is 1. The number of nitrogens with zero attached hydrogens (tertiary/aromatic N) is 3. The van der Waals surface area contributed by atoms with Gasteiger partial charge < -0.3 is 9.42 Å². The van der Waals surface area contributed by atoms with E-state index in [0.29, 0.717) is 5.92 Å². The van der Waals surface area contributed by atoms with Gasteiger partial charge in [0.1, 0.15) is 0 Å². The fourth-order valence-corrected chi connectivity index (χ4v) is 1.98. The topological polar surface area (TPSA) is 42.2 Å². The van der Waals surface area contributed by atoms with Crippen LogP contribution in [0.5, 0.6) is 0 Å². The van der Waals surface area contributed by atoms with Crippen molar-refractivity contribution in [1.82, 2.24) is 15.0 Å². The van der Waals surface area contributed by atoms with Gasteiger partial charge in [-0.25, -0.2) is 0 Å². The number of likely N-dealkylation sites (tertiary alicyclic amines) is 1. The molecule has 0 aliphatic carbocycles. The molecule has 0 bridgehead atoms. The van der Waals surface area contributed by atoms with E-state index in [0.717, 1.165) is 44.2 Å². The molecule has 1 aromatic heterocycles. The molecule has 1 aliphatic rings. The van der Waals surface area contributed by atoms with Crippen LogP contribution in [-0.4, -0.2) is 34.7 Å².